The minimum atomic E-state index is -0.587. The molecule has 0 aromatic heterocycles. The molecule has 0 saturated carbocycles. The van der Waals surface area contributed by atoms with E-state index in [0.717, 1.165) is 37.7 Å². The minimum absolute atomic E-state index is 0.431. The molecule has 0 amide bonds. The number of benzene rings is 2. The fraction of sp³-hybridized carbons (Fsp3) is 0.500. The normalized spacial score (nSPS) is 10.7. The molecule has 3 nitrogen and oxygen atoms in total. The van der Waals surface area contributed by atoms with Gasteiger partial charge in [-0.2, -0.15) is 0 Å². The number of para-hydroxylation sites is 1. The Kier molecular flexibility index (Phi) is 11.6. The van der Waals surface area contributed by atoms with Crippen LogP contribution >= 0.6 is 0 Å². The molecule has 0 atom stereocenters. The summed E-state index contributed by atoms with van der Waals surface area (Å²) in [6.07, 6.45) is 11.9. The molecule has 2 aromatic rings. The first-order valence-electron chi connectivity index (χ1n) is 11.3. The molecule has 0 fully saturated rings. The first kappa shape index (κ1) is 23.0. The second-order valence-electron chi connectivity index (χ2n) is 7.62. The molecule has 0 bridgehead atoms. The number of rotatable bonds is 14. The maximum Gasteiger partial charge on any atom is 0.513 e. The first-order valence-corrected chi connectivity index (χ1v) is 11.3. The second kappa shape index (κ2) is 14.7. The minimum Gasteiger partial charge on any atom is -0.434 e. The van der Waals surface area contributed by atoms with E-state index in [1.54, 1.807) is 0 Å². The molecule has 2 rings (SSSR count). The summed E-state index contributed by atoms with van der Waals surface area (Å²) in [6, 6.07) is 18.4. The lowest BCUT2D eigenvalue weighted by Crippen LogP contribution is -2.12. The zero-order valence-corrected chi connectivity index (χ0v) is 17.9. The Morgan fingerprint density at radius 3 is 2.17 bits per heavy atom. The van der Waals surface area contributed by atoms with Crippen molar-refractivity contribution in [2.75, 3.05) is 6.61 Å². The predicted molar refractivity (Wildman–Crippen MR) is 119 cm³/mol. The number of ether oxygens (including phenoxy) is 2. The lowest BCUT2D eigenvalue weighted by Gasteiger charge is -2.10. The fourth-order valence-electron chi connectivity index (χ4n) is 3.43. The number of unbranched alkanes of at least 4 members (excludes halogenated alkanes) is 7. The zero-order chi connectivity index (χ0) is 20.6. The van der Waals surface area contributed by atoms with Gasteiger partial charge in [-0.25, -0.2) is 4.79 Å². The quantitative estimate of drug-likeness (QED) is 0.188. The fourth-order valence-corrected chi connectivity index (χ4v) is 3.43. The Hall–Kier alpha value is -2.29. The summed E-state index contributed by atoms with van der Waals surface area (Å²) in [4.78, 5) is 12.0. The van der Waals surface area contributed by atoms with Gasteiger partial charge in [0.1, 0.15) is 5.75 Å². The Balaban J connectivity index is 1.50. The van der Waals surface area contributed by atoms with Crippen molar-refractivity contribution in [1.82, 2.24) is 0 Å². The lowest BCUT2D eigenvalue weighted by atomic mass is 10.1. The van der Waals surface area contributed by atoms with E-state index in [9.17, 15) is 4.79 Å². The molecule has 0 N–H and O–H groups in total. The van der Waals surface area contributed by atoms with E-state index in [0.29, 0.717) is 12.4 Å². The smallest absolute Gasteiger partial charge is 0.434 e. The van der Waals surface area contributed by atoms with Crippen LogP contribution < -0.4 is 4.74 Å². The first-order chi connectivity index (χ1) is 14.3. The van der Waals surface area contributed by atoms with E-state index >= 15 is 0 Å². The highest BCUT2D eigenvalue weighted by molar-refractivity contribution is 5.64. The van der Waals surface area contributed by atoms with Gasteiger partial charge in [0.25, 0.3) is 0 Å². The molecule has 0 spiro atoms. The van der Waals surface area contributed by atoms with Gasteiger partial charge in [0, 0.05) is 0 Å². The SMILES string of the molecule is CCCCCc1ccccc1OC(=O)OCCCCCCCCc1ccccc1. The molecule has 29 heavy (non-hydrogen) atoms. The number of aryl methyl sites for hydroxylation is 2. The van der Waals surface area contributed by atoms with Crippen LogP contribution in [0.3, 0.4) is 0 Å². The van der Waals surface area contributed by atoms with Crippen molar-refractivity contribution in [2.24, 2.45) is 0 Å². The van der Waals surface area contributed by atoms with Crippen LogP contribution in [-0.2, 0) is 17.6 Å². The highest BCUT2D eigenvalue weighted by Gasteiger charge is 2.09. The van der Waals surface area contributed by atoms with Crippen molar-refractivity contribution in [2.45, 2.75) is 77.6 Å². The topological polar surface area (TPSA) is 35.5 Å². The van der Waals surface area contributed by atoms with Gasteiger partial charge in [-0.05, 0) is 49.3 Å². The van der Waals surface area contributed by atoms with Crippen LogP contribution in [0.1, 0.15) is 75.8 Å². The Labute approximate surface area is 176 Å². The summed E-state index contributed by atoms with van der Waals surface area (Å²) in [5.41, 5.74) is 2.50. The van der Waals surface area contributed by atoms with E-state index in [1.807, 2.05) is 24.3 Å². The molecule has 0 radical (unpaired) electrons. The molecule has 3 heteroatoms. The summed E-state index contributed by atoms with van der Waals surface area (Å²) in [5, 5.41) is 0. The van der Waals surface area contributed by atoms with Gasteiger partial charge >= 0.3 is 6.16 Å². The summed E-state index contributed by atoms with van der Waals surface area (Å²) >= 11 is 0. The van der Waals surface area contributed by atoms with Crippen molar-refractivity contribution >= 4 is 6.16 Å². The lowest BCUT2D eigenvalue weighted by molar-refractivity contribution is 0.0969. The standard InChI is InChI=1S/C26H36O3/c1-2-3-9-19-24-20-13-14-21-25(24)29-26(27)28-22-15-7-5-4-6-10-16-23-17-11-8-12-18-23/h8,11-14,17-18,20-21H,2-7,9-10,15-16,19,22H2,1H3. The third kappa shape index (κ3) is 10.2. The maximum absolute atomic E-state index is 12.0. The molecule has 0 heterocycles. The maximum atomic E-state index is 12.0. The molecular weight excluding hydrogens is 360 g/mol. The van der Waals surface area contributed by atoms with Crippen molar-refractivity contribution in [3.8, 4) is 5.75 Å². The van der Waals surface area contributed by atoms with E-state index < -0.39 is 6.16 Å². The second-order valence-corrected chi connectivity index (χ2v) is 7.62. The zero-order valence-electron chi connectivity index (χ0n) is 17.9. The molecule has 0 aliphatic carbocycles. The van der Waals surface area contributed by atoms with E-state index in [4.69, 9.17) is 9.47 Å². The number of hydrogen-bond donors (Lipinski definition) is 0. The van der Waals surface area contributed by atoms with Crippen LogP contribution in [0.2, 0.25) is 0 Å². The highest BCUT2D eigenvalue weighted by atomic mass is 16.7. The van der Waals surface area contributed by atoms with Gasteiger partial charge in [0.15, 0.2) is 0 Å². The number of carbonyl (C=O) groups excluding carboxylic acids is 1. The van der Waals surface area contributed by atoms with Crippen molar-refractivity contribution < 1.29 is 14.3 Å². The van der Waals surface area contributed by atoms with E-state index in [2.05, 4.69) is 37.3 Å². The van der Waals surface area contributed by atoms with Crippen LogP contribution in [0, 0.1) is 0 Å². The monoisotopic (exact) mass is 396 g/mol. The van der Waals surface area contributed by atoms with Gasteiger partial charge in [0.2, 0.25) is 0 Å². The summed E-state index contributed by atoms with van der Waals surface area (Å²) < 4.78 is 10.7. The molecule has 0 aliphatic rings. The molecule has 0 saturated heterocycles. The summed E-state index contributed by atoms with van der Waals surface area (Å²) in [5.74, 6) is 0.631. The molecule has 158 valence electrons. The molecular formula is C26H36O3. The van der Waals surface area contributed by atoms with Gasteiger partial charge < -0.3 is 9.47 Å². The molecule has 0 aliphatic heterocycles. The van der Waals surface area contributed by atoms with Crippen molar-refractivity contribution in [3.63, 3.8) is 0 Å². The van der Waals surface area contributed by atoms with E-state index in [-0.39, 0.29) is 0 Å². The summed E-state index contributed by atoms with van der Waals surface area (Å²) in [6.45, 7) is 2.62. The Morgan fingerprint density at radius 2 is 1.38 bits per heavy atom. The number of carbonyl (C=O) groups is 1. The average Bonchev–Trinajstić information content (AvgIpc) is 2.74. The van der Waals surface area contributed by atoms with Gasteiger partial charge in [-0.15, -0.1) is 0 Å². The molecule has 0 unspecified atom stereocenters. The summed E-state index contributed by atoms with van der Waals surface area (Å²) in [7, 11) is 0. The van der Waals surface area contributed by atoms with Crippen LogP contribution in [0.25, 0.3) is 0 Å². The predicted octanol–water partition coefficient (Wildman–Crippen LogP) is 7.52. The third-order valence-corrected chi connectivity index (χ3v) is 5.14. The highest BCUT2D eigenvalue weighted by Crippen LogP contribution is 2.21. The van der Waals surface area contributed by atoms with Crippen molar-refractivity contribution in [3.05, 3.63) is 65.7 Å². The number of hydrogen-bond acceptors (Lipinski definition) is 3. The largest absolute Gasteiger partial charge is 0.513 e. The van der Waals surface area contributed by atoms with Crippen molar-refractivity contribution in [1.29, 1.82) is 0 Å². The van der Waals surface area contributed by atoms with Crippen LogP contribution in [0.15, 0.2) is 54.6 Å². The molecule has 2 aromatic carbocycles. The average molecular weight is 397 g/mol. The van der Waals surface area contributed by atoms with Gasteiger partial charge in [-0.3, -0.25) is 0 Å². The Morgan fingerprint density at radius 1 is 0.724 bits per heavy atom. The van der Waals surface area contributed by atoms with Gasteiger partial charge in [0.05, 0.1) is 6.61 Å². The Bertz CT molecular complexity index is 681. The van der Waals surface area contributed by atoms with Crippen LogP contribution in [0.5, 0.6) is 5.75 Å². The van der Waals surface area contributed by atoms with Crippen LogP contribution in [0.4, 0.5) is 4.79 Å². The van der Waals surface area contributed by atoms with E-state index in [1.165, 1.54) is 44.1 Å². The van der Waals surface area contributed by atoms with Crippen LogP contribution in [-0.4, -0.2) is 12.8 Å². The van der Waals surface area contributed by atoms with Gasteiger partial charge in [-0.1, -0.05) is 94.0 Å². The third-order valence-electron chi connectivity index (χ3n) is 5.14.